The van der Waals surface area contributed by atoms with E-state index < -0.39 is 15.6 Å². The Morgan fingerprint density at radius 1 is 0.727 bits per heavy atom. The zero-order chi connectivity index (χ0) is 39.1. The number of rotatable bonds is 8. The molecule has 2 spiro atoms. The maximum absolute atomic E-state index is 12.9. The van der Waals surface area contributed by atoms with Crippen molar-refractivity contribution in [1.29, 1.82) is 0 Å². The molecule has 0 unspecified atom stereocenters. The zero-order valence-corrected chi connectivity index (χ0v) is 34.6. The van der Waals surface area contributed by atoms with Gasteiger partial charge in [-0.15, -0.1) is 0 Å². The van der Waals surface area contributed by atoms with Gasteiger partial charge in [-0.05, 0) is 78.9 Å². The summed E-state index contributed by atoms with van der Waals surface area (Å²) in [7, 11) is -3.76. The van der Waals surface area contributed by atoms with Gasteiger partial charge in [0.15, 0.2) is 0 Å². The molecule has 0 saturated carbocycles. The van der Waals surface area contributed by atoms with Crippen molar-refractivity contribution in [3.63, 3.8) is 0 Å². The molecule has 0 bridgehead atoms. The number of carbonyl (C=O) groups is 2. The van der Waals surface area contributed by atoms with Crippen LogP contribution in [0.3, 0.4) is 0 Å². The van der Waals surface area contributed by atoms with Crippen molar-refractivity contribution in [3.05, 3.63) is 114 Å². The Bertz CT molecular complexity index is 2220. The van der Waals surface area contributed by atoms with Gasteiger partial charge in [0.1, 0.15) is 4.90 Å². The van der Waals surface area contributed by atoms with E-state index in [1.807, 2.05) is 17.0 Å². The Balaban J connectivity index is 0.000000172. The summed E-state index contributed by atoms with van der Waals surface area (Å²) in [4.78, 5) is 39.6. The van der Waals surface area contributed by atoms with Crippen LogP contribution in [-0.4, -0.2) is 94.8 Å². The van der Waals surface area contributed by atoms with Crippen LogP contribution in [0, 0.1) is 0 Å². The first-order valence-electron chi connectivity index (χ1n) is 17.4. The number of likely N-dealkylation sites (tertiary alicyclic amines) is 2. The summed E-state index contributed by atoms with van der Waals surface area (Å²) in [6.45, 7) is 3.72. The van der Waals surface area contributed by atoms with Gasteiger partial charge in [0, 0.05) is 89.7 Å². The Kier molecular flexibility index (Phi) is 11.7. The van der Waals surface area contributed by atoms with E-state index in [2.05, 4.69) is 20.2 Å². The third-order valence-electron chi connectivity index (χ3n) is 10.6. The van der Waals surface area contributed by atoms with Crippen molar-refractivity contribution in [2.75, 3.05) is 44.2 Å². The van der Waals surface area contributed by atoms with E-state index in [0.717, 1.165) is 49.6 Å². The lowest BCUT2D eigenvalue weighted by molar-refractivity contribution is -0.140. The van der Waals surface area contributed by atoms with Crippen molar-refractivity contribution in [2.45, 2.75) is 48.2 Å². The first kappa shape index (κ1) is 40.1. The second-order valence-corrected chi connectivity index (χ2v) is 18.5. The van der Waals surface area contributed by atoms with Crippen LogP contribution >= 0.6 is 69.6 Å². The van der Waals surface area contributed by atoms with Crippen LogP contribution in [-0.2, 0) is 27.8 Å². The molecule has 18 heteroatoms. The molecule has 0 atom stereocenters. The molecule has 4 aliphatic heterocycles. The predicted molar refractivity (Wildman–Crippen MR) is 216 cm³/mol. The van der Waals surface area contributed by atoms with Crippen LogP contribution in [0.2, 0.25) is 30.1 Å². The molecule has 4 saturated heterocycles. The van der Waals surface area contributed by atoms with Gasteiger partial charge in [-0.25, -0.2) is 23.2 Å². The van der Waals surface area contributed by atoms with Gasteiger partial charge in [0.2, 0.25) is 21.9 Å². The van der Waals surface area contributed by atoms with E-state index >= 15 is 0 Å². The normalized spacial score (nSPS) is 18.0. The summed E-state index contributed by atoms with van der Waals surface area (Å²) in [5, 5.41) is 5.50. The van der Waals surface area contributed by atoms with E-state index in [4.69, 9.17) is 69.6 Å². The van der Waals surface area contributed by atoms with Gasteiger partial charge in [0.25, 0.3) is 0 Å². The van der Waals surface area contributed by atoms with Crippen LogP contribution < -0.4 is 10.2 Å². The number of amides is 3. The zero-order valence-electron chi connectivity index (χ0n) is 29.2. The first-order chi connectivity index (χ1) is 26.2. The second kappa shape index (κ2) is 16.1. The maximum atomic E-state index is 12.9. The summed E-state index contributed by atoms with van der Waals surface area (Å²) >= 11 is 36.0. The number of nitrogens with one attached hydrogen (secondary N) is 1. The average Bonchev–Trinajstić information content (AvgIpc) is 3.06. The number of aromatic nitrogens is 2. The number of hydrogen-bond acceptors (Lipinski definition) is 7. The maximum Gasteiger partial charge on any atom is 0.318 e. The van der Waals surface area contributed by atoms with Gasteiger partial charge in [0.05, 0.1) is 16.1 Å². The number of nitrogens with zero attached hydrogens (tertiary/aromatic N) is 6. The minimum Gasteiger partial charge on any atom is -0.338 e. The van der Waals surface area contributed by atoms with Crippen LogP contribution in [0.1, 0.15) is 30.4 Å². The predicted octanol–water partition coefficient (Wildman–Crippen LogP) is 7.87. The molecule has 4 aromatic rings. The summed E-state index contributed by atoms with van der Waals surface area (Å²) in [6, 6.07) is 16.3. The Hall–Kier alpha value is -3.07. The molecule has 5 heterocycles. The van der Waals surface area contributed by atoms with Gasteiger partial charge in [-0.1, -0.05) is 81.7 Å². The van der Waals surface area contributed by atoms with Gasteiger partial charge in [-0.2, -0.15) is 4.31 Å². The molecule has 11 nitrogen and oxygen atoms in total. The Labute approximate surface area is 349 Å². The van der Waals surface area contributed by atoms with Crippen molar-refractivity contribution >= 4 is 97.5 Å². The lowest BCUT2D eigenvalue weighted by Gasteiger charge is -2.62. The van der Waals surface area contributed by atoms with E-state index in [1.165, 1.54) is 22.5 Å². The third kappa shape index (κ3) is 8.20. The first-order valence-corrected chi connectivity index (χ1v) is 21.1. The number of hydrogen-bond donors (Lipinski definition) is 1. The Morgan fingerprint density at radius 2 is 1.31 bits per heavy atom. The quantitative estimate of drug-likeness (QED) is 0.192. The molecule has 0 aliphatic carbocycles. The molecular formula is C37H35Cl6N7O4S. The third-order valence-corrected chi connectivity index (χ3v) is 14.3. The summed E-state index contributed by atoms with van der Waals surface area (Å²) < 4.78 is 27.1. The molecule has 0 radical (unpaired) electrons. The number of aryl methyl sites for hydroxylation is 1. The SMILES string of the molecule is O=C(CCc1ccc(Cl)cc1Cl)N1CC2(CCN2c2ncccn2)C1.O=C(NCc1ccc(Cl)cc1Cl)N1CCC12CN(S(=O)(=O)c1ccc(Cl)cc1Cl)C2. The smallest absolute Gasteiger partial charge is 0.318 e. The van der Waals surface area contributed by atoms with Gasteiger partial charge in [-0.3, -0.25) is 4.79 Å². The molecule has 1 aromatic heterocycles. The highest BCUT2D eigenvalue weighted by Gasteiger charge is 2.59. The minimum absolute atomic E-state index is 0.0103. The fraction of sp³-hybridized carbons (Fsp3) is 0.351. The van der Waals surface area contributed by atoms with Crippen molar-refractivity contribution in [1.82, 2.24) is 29.4 Å². The molecule has 290 valence electrons. The van der Waals surface area contributed by atoms with Crippen molar-refractivity contribution in [3.8, 4) is 0 Å². The fourth-order valence-corrected chi connectivity index (χ4v) is 10.6. The number of benzene rings is 3. The standard InChI is InChI=1S/C19H17Cl4N3O3S.C18H18Cl2N4O/c20-13-2-1-12(15(22)7-13)9-24-18(27)26-6-5-19(26)10-25(11-19)30(28,29)17-4-3-14(21)8-16(17)23;19-14-4-2-13(15(20)10-14)3-5-16(25)23-11-18(12-23)6-9-24(18)17-21-7-1-8-22-17/h1-4,7-8H,5-6,9-11H2,(H,24,27);1-2,4,7-8,10H,3,5-6,9,11-12H2. The molecule has 8 rings (SSSR count). The van der Waals surface area contributed by atoms with Crippen LogP contribution in [0.15, 0.2) is 78.0 Å². The van der Waals surface area contributed by atoms with E-state index in [1.54, 1.807) is 47.6 Å². The second-order valence-electron chi connectivity index (χ2n) is 14.0. The number of urea groups is 1. The molecule has 1 N–H and O–H groups in total. The molecule has 55 heavy (non-hydrogen) atoms. The monoisotopic (exact) mass is 883 g/mol. The lowest BCUT2D eigenvalue weighted by atomic mass is 9.77. The highest BCUT2D eigenvalue weighted by atomic mass is 35.5. The summed E-state index contributed by atoms with van der Waals surface area (Å²) in [6.07, 6.45) is 6.42. The average molecular weight is 887 g/mol. The van der Waals surface area contributed by atoms with Crippen molar-refractivity contribution < 1.29 is 18.0 Å². The lowest BCUT2D eigenvalue weighted by Crippen LogP contribution is -2.79. The molecule has 3 amide bonds. The van der Waals surface area contributed by atoms with Crippen LogP contribution in [0.4, 0.5) is 10.7 Å². The molecule has 3 aromatic carbocycles. The molecular weight excluding hydrogens is 851 g/mol. The Morgan fingerprint density at radius 3 is 1.85 bits per heavy atom. The number of halogens is 6. The highest BCUT2D eigenvalue weighted by Crippen LogP contribution is 2.43. The van der Waals surface area contributed by atoms with Crippen LogP contribution in [0.5, 0.6) is 0 Å². The highest BCUT2D eigenvalue weighted by molar-refractivity contribution is 7.89. The number of carbonyl (C=O) groups excluding carboxylic acids is 2. The fourth-order valence-electron chi connectivity index (χ4n) is 7.30. The number of anilines is 1. The van der Waals surface area contributed by atoms with E-state index in [0.29, 0.717) is 44.5 Å². The van der Waals surface area contributed by atoms with Gasteiger partial charge < -0.3 is 20.0 Å². The summed E-state index contributed by atoms with van der Waals surface area (Å²) in [5.41, 5.74) is 1.26. The van der Waals surface area contributed by atoms with E-state index in [9.17, 15) is 18.0 Å². The number of sulfonamides is 1. The van der Waals surface area contributed by atoms with Crippen LogP contribution in [0.25, 0.3) is 0 Å². The summed E-state index contributed by atoms with van der Waals surface area (Å²) in [5.74, 6) is 0.922. The largest absolute Gasteiger partial charge is 0.338 e. The topological polar surface area (TPSA) is 119 Å². The van der Waals surface area contributed by atoms with E-state index in [-0.39, 0.29) is 47.0 Å². The molecule has 4 aliphatic rings. The minimum atomic E-state index is -3.76. The van der Waals surface area contributed by atoms with Crippen molar-refractivity contribution in [2.24, 2.45) is 0 Å². The molecule has 4 fully saturated rings. The van der Waals surface area contributed by atoms with Gasteiger partial charge >= 0.3 is 6.03 Å².